The molecule has 2 aromatic carbocycles. The molecule has 1 aliphatic rings. The van der Waals surface area contributed by atoms with Crippen LogP contribution >= 0.6 is 0 Å². The summed E-state index contributed by atoms with van der Waals surface area (Å²) in [6, 6.07) is 16.1. The Morgan fingerprint density at radius 1 is 1.00 bits per heavy atom. The largest absolute Gasteiger partial charge is 0.457 e. The van der Waals surface area contributed by atoms with E-state index in [0.717, 1.165) is 25.7 Å². The normalized spacial score (nSPS) is 15.8. The maximum Gasteiger partial charge on any atom is 0.325 e. The van der Waals surface area contributed by atoms with E-state index in [1.807, 2.05) is 30.3 Å². The first-order chi connectivity index (χ1) is 15.1. The zero-order chi connectivity index (χ0) is 22.1. The lowest BCUT2D eigenvalue weighted by molar-refractivity contribution is -0.152. The van der Waals surface area contributed by atoms with Crippen LogP contribution < -0.4 is 10.1 Å². The number of carbonyl (C=O) groups is 3. The van der Waals surface area contributed by atoms with Crippen molar-refractivity contribution < 1.29 is 23.9 Å². The predicted molar refractivity (Wildman–Crippen MR) is 116 cm³/mol. The number of piperidine rings is 1. The molecule has 1 saturated heterocycles. The predicted octanol–water partition coefficient (Wildman–Crippen LogP) is 3.54. The number of nitrogens with one attached hydrogen (secondary N) is 1. The van der Waals surface area contributed by atoms with E-state index in [-0.39, 0.29) is 25.1 Å². The first-order valence-corrected chi connectivity index (χ1v) is 10.6. The average molecular weight is 424 g/mol. The number of benzene rings is 2. The molecular weight excluding hydrogens is 396 g/mol. The Labute approximate surface area is 182 Å². The molecule has 1 atom stereocenters. The van der Waals surface area contributed by atoms with E-state index in [2.05, 4.69) is 12.2 Å². The number of amides is 2. The van der Waals surface area contributed by atoms with Crippen LogP contribution in [0, 0.1) is 0 Å². The van der Waals surface area contributed by atoms with E-state index < -0.39 is 11.9 Å². The van der Waals surface area contributed by atoms with Crippen molar-refractivity contribution in [3.8, 4) is 11.5 Å². The van der Waals surface area contributed by atoms with Gasteiger partial charge in [0.15, 0.2) is 6.61 Å². The third-order valence-electron chi connectivity index (χ3n) is 5.26. The van der Waals surface area contributed by atoms with Gasteiger partial charge in [0.05, 0.1) is 0 Å². The highest BCUT2D eigenvalue weighted by Gasteiger charge is 2.25. The summed E-state index contributed by atoms with van der Waals surface area (Å²) in [5.74, 6) is 0.0724. The van der Waals surface area contributed by atoms with Crippen molar-refractivity contribution in [1.29, 1.82) is 0 Å². The summed E-state index contributed by atoms with van der Waals surface area (Å²) in [6.07, 6.45) is 3.97. The number of hydrogen-bond acceptors (Lipinski definition) is 5. The van der Waals surface area contributed by atoms with Gasteiger partial charge in [-0.1, -0.05) is 25.1 Å². The molecule has 2 aromatic rings. The SMILES string of the molecule is CC[C@@H]1CCCCN1C(=O)COC(=O)CNC(=O)c1ccc(Oc2ccccc2)cc1. The summed E-state index contributed by atoms with van der Waals surface area (Å²) < 4.78 is 10.7. The highest BCUT2D eigenvalue weighted by molar-refractivity contribution is 5.96. The standard InChI is InChI=1S/C24H28N2O5/c1-2-19-8-6-7-15-26(19)22(27)17-30-23(28)16-25-24(29)18-11-13-21(14-12-18)31-20-9-4-3-5-10-20/h3-5,9-14,19H,2,6-8,15-17H2,1H3,(H,25,29)/t19-/m1/s1. The van der Waals surface area contributed by atoms with Crippen LogP contribution in [0.3, 0.4) is 0 Å². The zero-order valence-corrected chi connectivity index (χ0v) is 17.7. The minimum absolute atomic E-state index is 0.180. The van der Waals surface area contributed by atoms with Gasteiger partial charge in [-0.2, -0.15) is 0 Å². The molecule has 0 bridgehead atoms. The maximum absolute atomic E-state index is 12.3. The van der Waals surface area contributed by atoms with Crippen molar-refractivity contribution in [2.75, 3.05) is 19.7 Å². The first-order valence-electron chi connectivity index (χ1n) is 10.6. The van der Waals surface area contributed by atoms with Crippen LogP contribution in [0.5, 0.6) is 11.5 Å². The number of rotatable bonds is 8. The Kier molecular flexibility index (Phi) is 8.04. The fraction of sp³-hybridized carbons (Fsp3) is 0.375. The van der Waals surface area contributed by atoms with E-state index in [4.69, 9.17) is 9.47 Å². The molecule has 7 nitrogen and oxygen atoms in total. The van der Waals surface area contributed by atoms with Crippen LogP contribution in [0.25, 0.3) is 0 Å². The van der Waals surface area contributed by atoms with Gasteiger partial charge >= 0.3 is 5.97 Å². The van der Waals surface area contributed by atoms with Gasteiger partial charge in [-0.15, -0.1) is 0 Å². The highest BCUT2D eigenvalue weighted by atomic mass is 16.5. The fourth-order valence-corrected chi connectivity index (χ4v) is 3.58. The van der Waals surface area contributed by atoms with Crippen LogP contribution in [-0.2, 0) is 14.3 Å². The van der Waals surface area contributed by atoms with Crippen molar-refractivity contribution in [3.05, 3.63) is 60.2 Å². The lowest BCUT2D eigenvalue weighted by Gasteiger charge is -2.35. The molecule has 0 aromatic heterocycles. The fourth-order valence-electron chi connectivity index (χ4n) is 3.58. The third kappa shape index (κ3) is 6.57. The summed E-state index contributed by atoms with van der Waals surface area (Å²) >= 11 is 0. The second-order valence-electron chi connectivity index (χ2n) is 7.43. The topological polar surface area (TPSA) is 84.9 Å². The molecule has 1 heterocycles. The molecule has 0 radical (unpaired) electrons. The minimum Gasteiger partial charge on any atom is -0.457 e. The molecule has 1 N–H and O–H groups in total. The first kappa shape index (κ1) is 22.3. The van der Waals surface area contributed by atoms with Crippen molar-refractivity contribution in [2.24, 2.45) is 0 Å². The van der Waals surface area contributed by atoms with E-state index in [1.54, 1.807) is 29.2 Å². The van der Waals surface area contributed by atoms with Gasteiger partial charge in [0.2, 0.25) is 0 Å². The average Bonchev–Trinajstić information content (AvgIpc) is 2.82. The molecule has 1 aliphatic heterocycles. The molecule has 0 aliphatic carbocycles. The number of esters is 1. The van der Waals surface area contributed by atoms with Crippen molar-refractivity contribution in [3.63, 3.8) is 0 Å². The summed E-state index contributed by atoms with van der Waals surface area (Å²) in [5.41, 5.74) is 0.392. The number of hydrogen-bond donors (Lipinski definition) is 1. The molecule has 164 valence electrons. The van der Waals surface area contributed by atoms with E-state index in [0.29, 0.717) is 23.6 Å². The Morgan fingerprint density at radius 3 is 2.42 bits per heavy atom. The number of ether oxygens (including phenoxy) is 2. The number of para-hydroxylation sites is 1. The molecular formula is C24H28N2O5. The van der Waals surface area contributed by atoms with Gasteiger partial charge in [0.1, 0.15) is 18.0 Å². The smallest absolute Gasteiger partial charge is 0.325 e. The molecule has 7 heteroatoms. The summed E-state index contributed by atoms with van der Waals surface area (Å²) in [7, 11) is 0. The zero-order valence-electron chi connectivity index (χ0n) is 17.7. The molecule has 0 spiro atoms. The van der Waals surface area contributed by atoms with Crippen molar-refractivity contribution >= 4 is 17.8 Å². The second-order valence-corrected chi connectivity index (χ2v) is 7.43. The molecule has 0 saturated carbocycles. The van der Waals surface area contributed by atoms with Gasteiger partial charge < -0.3 is 19.7 Å². The van der Waals surface area contributed by atoms with Crippen LogP contribution in [0.1, 0.15) is 43.0 Å². The minimum atomic E-state index is -0.643. The van der Waals surface area contributed by atoms with E-state index >= 15 is 0 Å². The Morgan fingerprint density at radius 2 is 1.71 bits per heavy atom. The van der Waals surface area contributed by atoms with E-state index in [9.17, 15) is 14.4 Å². The summed E-state index contributed by atoms with van der Waals surface area (Å²) in [4.78, 5) is 38.3. The lowest BCUT2D eigenvalue weighted by Crippen LogP contribution is -2.45. The molecule has 2 amide bonds. The Hall–Kier alpha value is -3.35. The van der Waals surface area contributed by atoms with Crippen molar-refractivity contribution in [2.45, 2.75) is 38.6 Å². The van der Waals surface area contributed by atoms with E-state index in [1.165, 1.54) is 0 Å². The summed E-state index contributed by atoms with van der Waals surface area (Å²) in [6.45, 7) is 2.16. The highest BCUT2D eigenvalue weighted by Crippen LogP contribution is 2.21. The lowest BCUT2D eigenvalue weighted by atomic mass is 10.00. The van der Waals surface area contributed by atoms with Gasteiger partial charge in [0, 0.05) is 18.2 Å². The van der Waals surface area contributed by atoms with Gasteiger partial charge in [-0.25, -0.2) is 0 Å². The summed E-state index contributed by atoms with van der Waals surface area (Å²) in [5, 5.41) is 2.51. The van der Waals surface area contributed by atoms with Crippen LogP contribution in [-0.4, -0.2) is 48.4 Å². The van der Waals surface area contributed by atoms with Crippen LogP contribution in [0.2, 0.25) is 0 Å². The molecule has 3 rings (SSSR count). The van der Waals surface area contributed by atoms with Crippen LogP contribution in [0.15, 0.2) is 54.6 Å². The molecule has 1 fully saturated rings. The Bertz CT molecular complexity index is 883. The van der Waals surface area contributed by atoms with Crippen molar-refractivity contribution in [1.82, 2.24) is 10.2 Å². The van der Waals surface area contributed by atoms with Gasteiger partial charge in [-0.3, -0.25) is 14.4 Å². The molecule has 31 heavy (non-hydrogen) atoms. The third-order valence-corrected chi connectivity index (χ3v) is 5.26. The molecule has 0 unspecified atom stereocenters. The Balaban J connectivity index is 1.41. The second kappa shape index (κ2) is 11.2. The number of likely N-dealkylation sites (tertiary alicyclic amines) is 1. The quantitative estimate of drug-likeness (QED) is 0.655. The van der Waals surface area contributed by atoms with Gasteiger partial charge in [0.25, 0.3) is 11.8 Å². The monoisotopic (exact) mass is 424 g/mol. The number of nitrogens with zero attached hydrogens (tertiary/aromatic N) is 1. The number of carbonyl (C=O) groups excluding carboxylic acids is 3. The van der Waals surface area contributed by atoms with Crippen LogP contribution in [0.4, 0.5) is 0 Å². The van der Waals surface area contributed by atoms with Gasteiger partial charge in [-0.05, 0) is 62.1 Å². The maximum atomic E-state index is 12.3.